The number of nitrogens with zero attached hydrogens (tertiary/aromatic N) is 3. The Hall–Kier alpha value is -3.06. The van der Waals surface area contributed by atoms with E-state index in [-0.39, 0.29) is 0 Å². The van der Waals surface area contributed by atoms with E-state index in [1.165, 1.54) is 0 Å². The van der Waals surface area contributed by atoms with Crippen LogP contribution in [0.5, 0.6) is 0 Å². The molecule has 1 aromatic heterocycles. The van der Waals surface area contributed by atoms with E-state index in [1.54, 1.807) is 0 Å². The van der Waals surface area contributed by atoms with Gasteiger partial charge in [-0.25, -0.2) is 4.98 Å². The lowest BCUT2D eigenvalue weighted by atomic mass is 10.1. The predicted octanol–water partition coefficient (Wildman–Crippen LogP) is 4.00. The van der Waals surface area contributed by atoms with Crippen molar-refractivity contribution in [1.82, 2.24) is 9.97 Å². The van der Waals surface area contributed by atoms with E-state index >= 15 is 0 Å². The largest absolute Gasteiger partial charge is 0.378 e. The first kappa shape index (κ1) is 14.9. The highest BCUT2D eigenvalue weighted by Crippen LogP contribution is 2.21. The molecule has 3 aromatic rings. The van der Waals surface area contributed by atoms with Crippen LogP contribution in [-0.2, 0) is 0 Å². The van der Waals surface area contributed by atoms with Crippen LogP contribution in [-0.4, -0.2) is 24.1 Å². The van der Waals surface area contributed by atoms with Crippen molar-refractivity contribution in [2.24, 2.45) is 0 Å². The number of aryl methyl sites for hydroxylation is 1. The number of allylic oxidation sites excluding steroid dienone is 1. The van der Waals surface area contributed by atoms with Crippen LogP contribution in [0.25, 0.3) is 22.7 Å². The maximum Gasteiger partial charge on any atom is 0.149 e. The van der Waals surface area contributed by atoms with Gasteiger partial charge in [0.2, 0.25) is 0 Å². The fraction of sp³-hybridized carbons (Fsp3) is 0.158. The van der Waals surface area contributed by atoms with Crippen molar-refractivity contribution in [2.45, 2.75) is 6.92 Å². The van der Waals surface area contributed by atoms with Crippen molar-refractivity contribution in [2.75, 3.05) is 19.0 Å². The number of H-pyrrole nitrogens is 1. The molecule has 0 spiro atoms. The summed E-state index contributed by atoms with van der Waals surface area (Å²) in [6.07, 6.45) is 1.85. The zero-order chi connectivity index (χ0) is 16.4. The fourth-order valence-electron chi connectivity index (χ4n) is 2.44. The standard InChI is InChI=1S/C19H18N4/c1-13-4-9-17-18(10-13)22-19(21-17)15(12-20)11-14-5-7-16(8-6-14)23(2)3/h4-11H,1-3H3,(H,21,22)/b15-11+. The lowest BCUT2D eigenvalue weighted by Gasteiger charge is -2.11. The fourth-order valence-corrected chi connectivity index (χ4v) is 2.44. The third-order valence-electron chi connectivity index (χ3n) is 3.73. The van der Waals surface area contributed by atoms with Gasteiger partial charge in [0, 0.05) is 19.8 Å². The van der Waals surface area contributed by atoms with E-state index in [4.69, 9.17) is 0 Å². The second kappa shape index (κ2) is 5.98. The van der Waals surface area contributed by atoms with Crippen molar-refractivity contribution >= 4 is 28.4 Å². The van der Waals surface area contributed by atoms with Crippen LogP contribution in [0.4, 0.5) is 5.69 Å². The molecule has 0 radical (unpaired) electrons. The van der Waals surface area contributed by atoms with Gasteiger partial charge in [-0.15, -0.1) is 0 Å². The molecule has 1 N–H and O–H groups in total. The highest BCUT2D eigenvalue weighted by atomic mass is 15.1. The topological polar surface area (TPSA) is 55.7 Å². The quantitative estimate of drug-likeness (QED) is 0.744. The second-order valence-corrected chi connectivity index (χ2v) is 5.76. The van der Waals surface area contributed by atoms with E-state index in [2.05, 4.69) is 16.0 Å². The van der Waals surface area contributed by atoms with Gasteiger partial charge in [-0.3, -0.25) is 0 Å². The number of aromatic nitrogens is 2. The van der Waals surface area contributed by atoms with E-state index in [0.29, 0.717) is 11.4 Å². The Labute approximate surface area is 135 Å². The summed E-state index contributed by atoms with van der Waals surface area (Å²) < 4.78 is 0. The molecule has 23 heavy (non-hydrogen) atoms. The minimum absolute atomic E-state index is 0.524. The molecule has 1 heterocycles. The number of nitrogens with one attached hydrogen (secondary N) is 1. The molecule has 2 aromatic carbocycles. The SMILES string of the molecule is Cc1ccc2nc(/C(C#N)=C/c3ccc(N(C)C)cc3)[nH]c2c1. The number of benzene rings is 2. The van der Waals surface area contributed by atoms with Gasteiger partial charge in [0.15, 0.2) is 0 Å². The Bertz CT molecular complexity index is 909. The molecule has 0 saturated heterocycles. The van der Waals surface area contributed by atoms with Gasteiger partial charge in [-0.2, -0.15) is 5.26 Å². The molecule has 0 bridgehead atoms. The number of imidazole rings is 1. The van der Waals surface area contributed by atoms with Crippen LogP contribution in [0.2, 0.25) is 0 Å². The molecular weight excluding hydrogens is 284 g/mol. The molecule has 0 unspecified atom stereocenters. The van der Waals surface area contributed by atoms with Gasteiger partial charge in [-0.1, -0.05) is 18.2 Å². The third-order valence-corrected chi connectivity index (χ3v) is 3.73. The van der Waals surface area contributed by atoms with Crippen LogP contribution < -0.4 is 4.90 Å². The molecule has 0 amide bonds. The Morgan fingerprint density at radius 2 is 1.91 bits per heavy atom. The average molecular weight is 302 g/mol. The minimum Gasteiger partial charge on any atom is -0.378 e. The van der Waals surface area contributed by atoms with E-state index in [9.17, 15) is 5.26 Å². The average Bonchev–Trinajstić information content (AvgIpc) is 2.95. The summed E-state index contributed by atoms with van der Waals surface area (Å²) in [5, 5.41) is 9.48. The molecule has 3 rings (SSSR count). The predicted molar refractivity (Wildman–Crippen MR) is 95.1 cm³/mol. The van der Waals surface area contributed by atoms with Crippen LogP contribution in [0.1, 0.15) is 17.0 Å². The maximum absolute atomic E-state index is 9.48. The van der Waals surface area contributed by atoms with E-state index < -0.39 is 0 Å². The first-order chi connectivity index (χ1) is 11.1. The number of rotatable bonds is 3. The highest BCUT2D eigenvalue weighted by molar-refractivity contribution is 5.90. The van der Waals surface area contributed by atoms with Crippen LogP contribution >= 0.6 is 0 Å². The molecule has 114 valence electrons. The van der Waals surface area contributed by atoms with Crippen molar-refractivity contribution < 1.29 is 0 Å². The van der Waals surface area contributed by atoms with Gasteiger partial charge in [0.25, 0.3) is 0 Å². The van der Waals surface area contributed by atoms with Crippen molar-refractivity contribution in [3.8, 4) is 6.07 Å². The van der Waals surface area contributed by atoms with Gasteiger partial charge >= 0.3 is 0 Å². The summed E-state index contributed by atoms with van der Waals surface area (Å²) in [4.78, 5) is 9.78. The van der Waals surface area contributed by atoms with Crippen molar-refractivity contribution in [3.05, 3.63) is 59.4 Å². The van der Waals surface area contributed by atoms with E-state index in [1.807, 2.05) is 74.5 Å². The van der Waals surface area contributed by atoms with Crippen molar-refractivity contribution in [3.63, 3.8) is 0 Å². The summed E-state index contributed by atoms with van der Waals surface area (Å²) in [5.74, 6) is 0.602. The summed E-state index contributed by atoms with van der Waals surface area (Å²) in [7, 11) is 4.00. The number of anilines is 1. The molecule has 0 aliphatic heterocycles. The molecule has 0 atom stereocenters. The van der Waals surface area contributed by atoms with E-state index in [0.717, 1.165) is 27.8 Å². The zero-order valence-electron chi connectivity index (χ0n) is 13.5. The van der Waals surface area contributed by atoms with Gasteiger partial charge in [0.05, 0.1) is 16.6 Å². The number of hydrogen-bond donors (Lipinski definition) is 1. The molecule has 0 aliphatic carbocycles. The van der Waals surface area contributed by atoms with Crippen LogP contribution in [0.3, 0.4) is 0 Å². The smallest absolute Gasteiger partial charge is 0.149 e. The molecule has 4 nitrogen and oxygen atoms in total. The van der Waals surface area contributed by atoms with Crippen molar-refractivity contribution in [1.29, 1.82) is 5.26 Å². The number of fused-ring (bicyclic) bond motifs is 1. The lowest BCUT2D eigenvalue weighted by molar-refractivity contribution is 1.13. The normalized spacial score (nSPS) is 11.5. The maximum atomic E-state index is 9.48. The number of nitriles is 1. The second-order valence-electron chi connectivity index (χ2n) is 5.76. The Kier molecular flexibility index (Phi) is 3.86. The molecule has 0 fully saturated rings. The summed E-state index contributed by atoms with van der Waals surface area (Å²) in [6.45, 7) is 2.04. The lowest BCUT2D eigenvalue weighted by Crippen LogP contribution is -2.07. The van der Waals surface area contributed by atoms with Gasteiger partial charge < -0.3 is 9.88 Å². The molecule has 0 aliphatic rings. The Balaban J connectivity index is 1.98. The summed E-state index contributed by atoms with van der Waals surface area (Å²) in [6, 6.07) is 16.3. The zero-order valence-corrected chi connectivity index (χ0v) is 13.5. The molecular formula is C19H18N4. The Morgan fingerprint density at radius 3 is 2.57 bits per heavy atom. The number of aromatic amines is 1. The third kappa shape index (κ3) is 3.09. The van der Waals surface area contributed by atoms with Crippen LogP contribution in [0.15, 0.2) is 42.5 Å². The monoisotopic (exact) mass is 302 g/mol. The van der Waals surface area contributed by atoms with Gasteiger partial charge in [-0.05, 0) is 48.4 Å². The molecule has 4 heteroatoms. The van der Waals surface area contributed by atoms with Crippen LogP contribution in [0, 0.1) is 18.3 Å². The first-order valence-electron chi connectivity index (χ1n) is 7.43. The Morgan fingerprint density at radius 1 is 1.17 bits per heavy atom. The first-order valence-corrected chi connectivity index (χ1v) is 7.43. The summed E-state index contributed by atoms with van der Waals surface area (Å²) >= 11 is 0. The highest BCUT2D eigenvalue weighted by Gasteiger charge is 2.08. The minimum atomic E-state index is 0.524. The molecule has 0 saturated carbocycles. The van der Waals surface area contributed by atoms with Gasteiger partial charge in [0.1, 0.15) is 11.9 Å². The number of hydrogen-bond acceptors (Lipinski definition) is 3. The summed E-state index contributed by atoms with van der Waals surface area (Å²) in [5.41, 5.74) is 5.60.